The fourth-order valence-electron chi connectivity index (χ4n) is 3.62. The van der Waals surface area contributed by atoms with Crippen molar-refractivity contribution in [3.63, 3.8) is 0 Å². The first-order valence-electron chi connectivity index (χ1n) is 11.1. The molecule has 0 aliphatic heterocycles. The van der Waals surface area contributed by atoms with E-state index in [-0.39, 0.29) is 76.2 Å². The molecule has 0 amide bonds. The second-order valence-corrected chi connectivity index (χ2v) is 11.2. The van der Waals surface area contributed by atoms with Gasteiger partial charge in [0.15, 0.2) is 5.75 Å². The number of phenols is 2. The van der Waals surface area contributed by atoms with Crippen LogP contribution in [0.25, 0.3) is 10.8 Å². The van der Waals surface area contributed by atoms with Crippen LogP contribution in [0.4, 0.5) is 34.1 Å². The van der Waals surface area contributed by atoms with Gasteiger partial charge in [-0.3, -0.25) is 20.2 Å². The maximum absolute atomic E-state index is 12.6. The van der Waals surface area contributed by atoms with Crippen LogP contribution in [0.5, 0.6) is 23.0 Å². The minimum atomic E-state index is -5.24. The van der Waals surface area contributed by atoms with Crippen LogP contribution in [-0.2, 0) is 37.3 Å². The van der Waals surface area contributed by atoms with Gasteiger partial charge in [0.25, 0.3) is 5.69 Å². The predicted octanol–water partition coefficient (Wildman–Crippen LogP) is -3.14. The third kappa shape index (κ3) is 9.40. The molecule has 4 aromatic rings. The summed E-state index contributed by atoms with van der Waals surface area (Å²) < 4.78 is 69.2. The van der Waals surface area contributed by atoms with E-state index in [2.05, 4.69) is 20.5 Å². The van der Waals surface area contributed by atoms with Crippen LogP contribution >= 0.6 is 0 Å². The summed E-state index contributed by atoms with van der Waals surface area (Å²) >= 11 is 0. The fraction of sp³-hybridized carbons (Fsp3) is 0. The number of non-ortho nitro benzene ring substituents is 1. The number of nitrogens with zero attached hydrogens (tertiary/aromatic N) is 6. The van der Waals surface area contributed by atoms with E-state index in [0.29, 0.717) is 42.5 Å². The summed E-state index contributed by atoms with van der Waals surface area (Å²) in [5.41, 5.74) is -4.70. The van der Waals surface area contributed by atoms with Gasteiger partial charge in [0.1, 0.15) is 31.7 Å². The van der Waals surface area contributed by atoms with Gasteiger partial charge in [0, 0.05) is 5.39 Å². The number of phenolic OH excluding ortho intramolecular Hbond substituents is 2. The first kappa shape index (κ1) is 41.7. The van der Waals surface area contributed by atoms with E-state index in [1.54, 1.807) is 0 Å². The van der Waals surface area contributed by atoms with Crippen LogP contribution in [0.15, 0.2) is 78.8 Å². The Hall–Kier alpha value is -3.32. The van der Waals surface area contributed by atoms with Crippen molar-refractivity contribution in [2.75, 3.05) is 0 Å². The number of hydrogen-bond acceptors (Lipinski definition) is 18. The molecule has 0 saturated carbocycles. The first-order chi connectivity index (χ1) is 20.4. The zero-order valence-electron chi connectivity index (χ0n) is 23.3. The number of fused-ring (bicyclic) bond motifs is 1. The van der Waals surface area contributed by atoms with Crippen molar-refractivity contribution in [3.05, 3.63) is 68.8 Å². The van der Waals surface area contributed by atoms with Gasteiger partial charge in [-0.2, -0.15) is 5.11 Å². The smallest absolute Gasteiger partial charge is 0.872 e. The molecule has 0 unspecified atom stereocenters. The molecule has 4 aromatic carbocycles. The van der Waals surface area contributed by atoms with E-state index in [1.165, 1.54) is 0 Å². The second-order valence-electron chi connectivity index (χ2n) is 8.43. The number of nitro groups is 2. The number of benzene rings is 4. The largest absolute Gasteiger partial charge is 2.00 e. The summed E-state index contributed by atoms with van der Waals surface area (Å²) in [4.78, 5) is 18.1. The Morgan fingerprint density at radius 3 is 1.68 bits per heavy atom. The van der Waals surface area contributed by atoms with Crippen molar-refractivity contribution in [2.45, 2.75) is 9.79 Å². The van der Waals surface area contributed by atoms with Crippen LogP contribution in [0.2, 0.25) is 0 Å². The Morgan fingerprint density at radius 2 is 1.15 bits per heavy atom. The molecule has 0 heterocycles. The third-order valence-electron chi connectivity index (χ3n) is 5.56. The molecule has 0 fully saturated rings. The molecule has 2 N–H and O–H groups in total. The van der Waals surface area contributed by atoms with Gasteiger partial charge in [-0.15, -0.1) is 15.3 Å². The zero-order valence-corrected chi connectivity index (χ0v) is 30.0. The molecule has 0 aromatic heterocycles. The van der Waals surface area contributed by atoms with Gasteiger partial charge in [-0.25, -0.2) is 16.8 Å². The number of aromatic hydroxyl groups is 2. The molecule has 47 heavy (non-hydrogen) atoms. The van der Waals surface area contributed by atoms with Crippen LogP contribution in [0.3, 0.4) is 0 Å². The number of nitro benzene ring substituents is 2. The molecule has 0 aliphatic rings. The van der Waals surface area contributed by atoms with Crippen molar-refractivity contribution >= 4 is 65.1 Å². The Balaban J connectivity index is 0.00000368. The molecule has 0 radical (unpaired) electrons. The van der Waals surface area contributed by atoms with Crippen molar-refractivity contribution in [1.82, 2.24) is 0 Å². The molecule has 20 nitrogen and oxygen atoms in total. The van der Waals surface area contributed by atoms with E-state index in [1.807, 2.05) is 0 Å². The van der Waals surface area contributed by atoms with Crippen LogP contribution in [0.1, 0.15) is 0 Å². The van der Waals surface area contributed by atoms with Gasteiger partial charge in [0.05, 0.1) is 43.1 Å². The van der Waals surface area contributed by atoms with E-state index >= 15 is 0 Å². The molecule has 234 valence electrons. The van der Waals surface area contributed by atoms with Crippen molar-refractivity contribution in [3.8, 4) is 23.0 Å². The molecule has 4 rings (SSSR count). The molecule has 0 aliphatic carbocycles. The zero-order chi connectivity index (χ0) is 32.7. The monoisotopic (exact) mass is 748 g/mol. The van der Waals surface area contributed by atoms with Gasteiger partial charge in [0.2, 0.25) is 5.69 Å². The van der Waals surface area contributed by atoms with Crippen LogP contribution in [-0.4, -0.2) is 46.0 Å². The second kappa shape index (κ2) is 15.7. The molecule has 0 spiro atoms. The van der Waals surface area contributed by atoms with Gasteiger partial charge >= 0.3 is 81.9 Å². The Kier molecular flexibility index (Phi) is 13.9. The summed E-state index contributed by atoms with van der Waals surface area (Å²) in [7, 11) is -10.4. The molecule has 25 heteroatoms. The van der Waals surface area contributed by atoms with Crippen LogP contribution in [0, 0.1) is 20.2 Å². The normalized spacial score (nSPS) is 11.5. The maximum atomic E-state index is 12.6. The summed E-state index contributed by atoms with van der Waals surface area (Å²) in [6, 6.07) is 4.53. The van der Waals surface area contributed by atoms with Gasteiger partial charge in [-0.1, -0.05) is 17.6 Å². The van der Waals surface area contributed by atoms with Crippen molar-refractivity contribution in [1.29, 1.82) is 0 Å². The predicted molar refractivity (Wildman–Crippen MR) is 137 cm³/mol. The number of azo groups is 2. The van der Waals surface area contributed by atoms with Gasteiger partial charge < -0.3 is 29.5 Å². The molecular formula is C22H10FeN6Na2O14S2. The number of rotatable bonds is 8. The first-order valence-corrected chi connectivity index (χ1v) is 13.9. The van der Waals surface area contributed by atoms with E-state index in [9.17, 15) is 66.6 Å². The Labute approximate surface area is 316 Å². The average molecular weight is 748 g/mol. The number of hydrogen-bond donors (Lipinski definition) is 2. The molecular weight excluding hydrogens is 738 g/mol. The topological polar surface area (TPSA) is 337 Å². The third-order valence-corrected chi connectivity index (χ3v) is 7.18. The Morgan fingerprint density at radius 1 is 0.617 bits per heavy atom. The van der Waals surface area contributed by atoms with E-state index < -0.39 is 108 Å². The minimum Gasteiger partial charge on any atom is -0.872 e. The van der Waals surface area contributed by atoms with Gasteiger partial charge in [-0.05, 0) is 35.7 Å². The minimum absolute atomic E-state index is 0. The molecule has 0 saturated heterocycles. The Bertz CT molecular complexity index is 2200. The van der Waals surface area contributed by atoms with E-state index in [4.69, 9.17) is 0 Å². The summed E-state index contributed by atoms with van der Waals surface area (Å²) in [6.45, 7) is 0. The van der Waals surface area contributed by atoms with Crippen molar-refractivity contribution in [2.24, 2.45) is 20.5 Å². The molecule has 0 atom stereocenters. The molecule has 0 bridgehead atoms. The van der Waals surface area contributed by atoms with Crippen molar-refractivity contribution < 1.29 is 132 Å². The quantitative estimate of drug-likeness (QED) is 0.0591. The van der Waals surface area contributed by atoms with E-state index in [0.717, 1.165) is 6.07 Å². The average Bonchev–Trinajstić information content (AvgIpc) is 2.90. The standard InChI is InChI=1S/C22H14N6O14S2.Fe.2Na/c29-17-8-18(30)14(24-26-22-16(28(35)36)3-10(27(33)34)4-20(22)32)7-13(17)23-25-15-5-11(43(37,38)39)1-9-2-12(44(40,41)42)6-19(31)21(9)15;;;/h1-8,29-32H,(H,37,38,39)(H,40,41,42);;;/q;+2;2*+1/p-4. The summed E-state index contributed by atoms with van der Waals surface area (Å²) in [6.07, 6.45) is 0. The van der Waals surface area contributed by atoms with Crippen LogP contribution < -0.4 is 69.3 Å². The maximum Gasteiger partial charge on any atom is 2.00 e. The SMILES string of the molecule is O=[N+]([O-])c1cc(O)c(N=Nc2cc(N=Nc3cc(S(=O)(=O)[O-])cc4cc(S(=O)(=O)[O-])cc([O-])c34)c(O)cc2[O-])c([N+](=O)[O-])c1.[Fe+2].[Na+].[Na+]. The fourth-order valence-corrected chi connectivity index (χ4v) is 4.67. The summed E-state index contributed by atoms with van der Waals surface area (Å²) in [5.74, 6) is -4.09. The summed E-state index contributed by atoms with van der Waals surface area (Å²) in [5, 5.41) is 80.6.